The number of benzene rings is 1. The van der Waals surface area contributed by atoms with Gasteiger partial charge in [0.15, 0.2) is 0 Å². The van der Waals surface area contributed by atoms with Gasteiger partial charge in [-0.15, -0.1) is 0 Å². The molecule has 1 aromatic rings. The van der Waals surface area contributed by atoms with Crippen LogP contribution in [0.15, 0.2) is 18.2 Å². The van der Waals surface area contributed by atoms with Crippen molar-refractivity contribution < 1.29 is 9.84 Å². The van der Waals surface area contributed by atoms with Gasteiger partial charge in [-0.25, -0.2) is 0 Å². The van der Waals surface area contributed by atoms with Crippen molar-refractivity contribution in [1.29, 1.82) is 0 Å². The number of aliphatic hydroxyl groups excluding tert-OH is 1. The quantitative estimate of drug-likeness (QED) is 0.832. The fourth-order valence-corrected chi connectivity index (χ4v) is 2.70. The van der Waals surface area contributed by atoms with Crippen molar-refractivity contribution in [3.63, 3.8) is 0 Å². The van der Waals surface area contributed by atoms with Gasteiger partial charge in [0.25, 0.3) is 0 Å². The van der Waals surface area contributed by atoms with Gasteiger partial charge in [0.2, 0.25) is 0 Å². The van der Waals surface area contributed by atoms with E-state index >= 15 is 0 Å². The third-order valence-corrected chi connectivity index (χ3v) is 4.14. The van der Waals surface area contributed by atoms with Crippen LogP contribution in [0.25, 0.3) is 0 Å². The second-order valence-corrected chi connectivity index (χ2v) is 6.31. The Kier molecular flexibility index (Phi) is 5.06. The Bertz CT molecular complexity index is 422. The van der Waals surface area contributed by atoms with Crippen molar-refractivity contribution in [3.05, 3.63) is 29.3 Å². The summed E-state index contributed by atoms with van der Waals surface area (Å²) >= 11 is 0. The molecule has 3 nitrogen and oxygen atoms in total. The molecule has 1 saturated carbocycles. The first-order chi connectivity index (χ1) is 9.45. The number of rotatable bonds is 7. The summed E-state index contributed by atoms with van der Waals surface area (Å²) in [4.78, 5) is 2.24. The molecule has 0 aliphatic heterocycles. The maximum Gasteiger partial charge on any atom is 0.119 e. The second kappa shape index (κ2) is 6.59. The highest BCUT2D eigenvalue weighted by molar-refractivity contribution is 5.32. The summed E-state index contributed by atoms with van der Waals surface area (Å²) in [7, 11) is 2.09. The van der Waals surface area contributed by atoms with Gasteiger partial charge < -0.3 is 14.7 Å². The van der Waals surface area contributed by atoms with Crippen molar-refractivity contribution >= 4 is 0 Å². The molecule has 0 aromatic heterocycles. The lowest BCUT2D eigenvalue weighted by Crippen LogP contribution is -2.39. The highest BCUT2D eigenvalue weighted by atomic mass is 16.5. The van der Waals surface area contributed by atoms with E-state index < -0.39 is 6.10 Å². The largest absolute Gasteiger partial charge is 0.491 e. The molecule has 112 valence electrons. The summed E-state index contributed by atoms with van der Waals surface area (Å²) in [5.74, 6) is 1.67. The average molecular weight is 277 g/mol. The van der Waals surface area contributed by atoms with E-state index in [1.807, 2.05) is 12.1 Å². The first-order valence-corrected chi connectivity index (χ1v) is 7.55. The minimum absolute atomic E-state index is 0.352. The molecule has 1 aromatic carbocycles. The summed E-state index contributed by atoms with van der Waals surface area (Å²) in [5, 5.41) is 10.1. The van der Waals surface area contributed by atoms with E-state index in [1.165, 1.54) is 24.0 Å². The summed E-state index contributed by atoms with van der Waals surface area (Å²) in [6.45, 7) is 7.38. The molecule has 1 aliphatic carbocycles. The van der Waals surface area contributed by atoms with Crippen molar-refractivity contribution in [3.8, 4) is 5.75 Å². The fourth-order valence-electron chi connectivity index (χ4n) is 2.70. The number of aryl methyl sites for hydroxylation is 2. The molecular formula is C17H27NO2. The van der Waals surface area contributed by atoms with Crippen LogP contribution in [0.4, 0.5) is 0 Å². The molecule has 0 bridgehead atoms. The first kappa shape index (κ1) is 15.3. The molecule has 0 saturated heterocycles. The van der Waals surface area contributed by atoms with Crippen LogP contribution in [-0.4, -0.2) is 42.4 Å². The first-order valence-electron chi connectivity index (χ1n) is 7.55. The lowest BCUT2D eigenvalue weighted by molar-refractivity contribution is 0.0622. The van der Waals surface area contributed by atoms with Crippen LogP contribution in [0.5, 0.6) is 5.75 Å². The molecule has 20 heavy (non-hydrogen) atoms. The van der Waals surface area contributed by atoms with Crippen LogP contribution in [0.2, 0.25) is 0 Å². The third kappa shape index (κ3) is 4.50. The van der Waals surface area contributed by atoms with Crippen LogP contribution in [0, 0.1) is 19.8 Å². The number of hydrogen-bond acceptors (Lipinski definition) is 3. The maximum absolute atomic E-state index is 10.1. The Hall–Kier alpha value is -1.06. The van der Waals surface area contributed by atoms with Crippen LogP contribution in [0.1, 0.15) is 30.9 Å². The molecule has 3 heteroatoms. The Morgan fingerprint density at radius 2 is 1.85 bits per heavy atom. The Morgan fingerprint density at radius 1 is 1.25 bits per heavy atom. The predicted molar refractivity (Wildman–Crippen MR) is 82.2 cm³/mol. The van der Waals surface area contributed by atoms with Crippen molar-refractivity contribution in [1.82, 2.24) is 4.90 Å². The molecule has 0 radical (unpaired) electrons. The topological polar surface area (TPSA) is 32.7 Å². The molecule has 1 N–H and O–H groups in total. The highest BCUT2D eigenvalue weighted by Gasteiger charge is 2.30. The van der Waals surface area contributed by atoms with E-state index in [0.717, 1.165) is 11.7 Å². The minimum Gasteiger partial charge on any atom is -0.491 e. The lowest BCUT2D eigenvalue weighted by Gasteiger charge is -2.27. The number of aliphatic hydroxyl groups is 1. The molecule has 0 spiro atoms. The Balaban J connectivity index is 1.77. The second-order valence-electron chi connectivity index (χ2n) is 6.31. The van der Waals surface area contributed by atoms with Gasteiger partial charge in [-0.2, -0.15) is 0 Å². The lowest BCUT2D eigenvalue weighted by atomic mass is 10.1. The van der Waals surface area contributed by atoms with E-state index in [4.69, 9.17) is 4.74 Å². The van der Waals surface area contributed by atoms with Gasteiger partial charge in [-0.3, -0.25) is 0 Å². The molecule has 1 fully saturated rings. The van der Waals surface area contributed by atoms with E-state index in [1.54, 1.807) is 0 Å². The van der Waals surface area contributed by atoms with Gasteiger partial charge in [0.1, 0.15) is 18.5 Å². The van der Waals surface area contributed by atoms with Gasteiger partial charge >= 0.3 is 0 Å². The summed E-state index contributed by atoms with van der Waals surface area (Å²) in [6, 6.07) is 6.70. The van der Waals surface area contributed by atoms with E-state index in [9.17, 15) is 5.11 Å². The standard InChI is InChI=1S/C17H27NO2/c1-12-7-13(2)9-17(8-12)20-11-16(19)10-18(4)14(3)15-5-6-15/h7-9,14-16,19H,5-6,10-11H2,1-4H3. The van der Waals surface area contributed by atoms with Crippen molar-refractivity contribution in [2.45, 2.75) is 45.8 Å². The number of hydrogen-bond donors (Lipinski definition) is 1. The zero-order chi connectivity index (χ0) is 14.7. The zero-order valence-corrected chi connectivity index (χ0v) is 13.1. The summed E-state index contributed by atoms with van der Waals surface area (Å²) in [6.07, 6.45) is 2.23. The molecule has 2 rings (SSSR count). The van der Waals surface area contributed by atoms with E-state index in [-0.39, 0.29) is 0 Å². The van der Waals surface area contributed by atoms with Gasteiger partial charge in [-0.1, -0.05) is 6.07 Å². The van der Waals surface area contributed by atoms with Crippen LogP contribution in [-0.2, 0) is 0 Å². The van der Waals surface area contributed by atoms with Gasteiger partial charge in [-0.05, 0) is 69.8 Å². The normalized spacial score (nSPS) is 18.1. The maximum atomic E-state index is 10.1. The third-order valence-electron chi connectivity index (χ3n) is 4.14. The van der Waals surface area contributed by atoms with E-state index in [0.29, 0.717) is 19.2 Å². The number of likely N-dealkylation sites (N-methyl/N-ethyl adjacent to an activating group) is 1. The van der Waals surface area contributed by atoms with Gasteiger partial charge in [0.05, 0.1) is 0 Å². The van der Waals surface area contributed by atoms with Crippen LogP contribution >= 0.6 is 0 Å². The van der Waals surface area contributed by atoms with Crippen LogP contribution < -0.4 is 4.74 Å². The number of ether oxygens (including phenoxy) is 1. The Morgan fingerprint density at radius 3 is 2.40 bits per heavy atom. The van der Waals surface area contributed by atoms with Crippen molar-refractivity contribution in [2.75, 3.05) is 20.2 Å². The predicted octanol–water partition coefficient (Wildman–Crippen LogP) is 2.77. The molecule has 1 aliphatic rings. The number of nitrogens with zero attached hydrogens (tertiary/aromatic N) is 1. The summed E-state index contributed by atoms with van der Waals surface area (Å²) in [5.41, 5.74) is 2.38. The highest BCUT2D eigenvalue weighted by Crippen LogP contribution is 2.34. The van der Waals surface area contributed by atoms with Crippen LogP contribution in [0.3, 0.4) is 0 Å². The monoisotopic (exact) mass is 277 g/mol. The molecule has 0 amide bonds. The molecule has 2 unspecified atom stereocenters. The van der Waals surface area contributed by atoms with Gasteiger partial charge in [0, 0.05) is 12.6 Å². The Labute approximate surface area is 122 Å². The van der Waals surface area contributed by atoms with Crippen molar-refractivity contribution in [2.24, 2.45) is 5.92 Å². The SMILES string of the molecule is Cc1cc(C)cc(OCC(O)CN(C)C(C)C2CC2)c1. The smallest absolute Gasteiger partial charge is 0.119 e. The average Bonchev–Trinajstić information content (AvgIpc) is 3.18. The summed E-state index contributed by atoms with van der Waals surface area (Å²) < 4.78 is 5.71. The minimum atomic E-state index is -0.443. The molecular weight excluding hydrogens is 250 g/mol. The fraction of sp³-hybridized carbons (Fsp3) is 0.647. The molecule has 0 heterocycles. The molecule has 2 atom stereocenters. The van der Waals surface area contributed by atoms with E-state index in [2.05, 4.69) is 38.8 Å². The zero-order valence-electron chi connectivity index (χ0n) is 13.1.